The van der Waals surface area contributed by atoms with Crippen molar-refractivity contribution in [3.8, 4) is 0 Å². The third-order valence-electron chi connectivity index (χ3n) is 6.00. The Hall–Kier alpha value is -2.34. The summed E-state index contributed by atoms with van der Waals surface area (Å²) in [6.07, 6.45) is 1.16. The lowest BCUT2D eigenvalue weighted by Crippen LogP contribution is -2.37. The van der Waals surface area contributed by atoms with E-state index in [1.807, 2.05) is 0 Å². The minimum absolute atomic E-state index is 0.0409. The van der Waals surface area contributed by atoms with Crippen LogP contribution in [0, 0.1) is 5.92 Å². The predicted octanol–water partition coefficient (Wildman–Crippen LogP) is 5.97. The van der Waals surface area contributed by atoms with Crippen LogP contribution >= 0.6 is 0 Å². The Morgan fingerprint density at radius 2 is 1.38 bits per heavy atom. The largest absolute Gasteiger partial charge is 0.0622 e. The van der Waals surface area contributed by atoms with Crippen molar-refractivity contribution in [3.63, 3.8) is 0 Å². The van der Waals surface area contributed by atoms with Gasteiger partial charge in [-0.3, -0.25) is 0 Å². The summed E-state index contributed by atoms with van der Waals surface area (Å²) in [6.45, 7) is 4.83. The van der Waals surface area contributed by atoms with Crippen molar-refractivity contribution in [2.45, 2.75) is 31.6 Å². The van der Waals surface area contributed by atoms with Gasteiger partial charge in [0.2, 0.25) is 0 Å². The lowest BCUT2D eigenvalue weighted by Gasteiger charge is -2.42. The third-order valence-corrected chi connectivity index (χ3v) is 6.00. The smallest absolute Gasteiger partial charge is 0.0300 e. The first-order chi connectivity index (χ1) is 11.7. The molecule has 0 heteroatoms. The van der Waals surface area contributed by atoms with E-state index in [2.05, 4.69) is 98.8 Å². The van der Waals surface area contributed by atoms with Crippen LogP contribution in [0.1, 0.15) is 42.0 Å². The molecule has 4 rings (SSSR count). The summed E-state index contributed by atoms with van der Waals surface area (Å²) >= 11 is 0. The highest BCUT2D eigenvalue weighted by Gasteiger charge is 2.49. The van der Waals surface area contributed by atoms with Gasteiger partial charge in [0.05, 0.1) is 0 Å². The standard InChI is InChI=1S/C24H24/c1-18-17-21-13-9-10-16-23(21)24(18,22-14-7-4-8-15-22)19(2)20-11-5-3-6-12-20/h3-16,18-19H,17H2,1-2H3. The first-order valence-electron chi connectivity index (χ1n) is 8.93. The zero-order chi connectivity index (χ0) is 16.6. The van der Waals surface area contributed by atoms with Gasteiger partial charge in [0.25, 0.3) is 0 Å². The zero-order valence-electron chi connectivity index (χ0n) is 14.4. The summed E-state index contributed by atoms with van der Waals surface area (Å²) in [4.78, 5) is 0. The average Bonchev–Trinajstić information content (AvgIpc) is 2.95. The van der Waals surface area contributed by atoms with Crippen molar-refractivity contribution in [1.29, 1.82) is 0 Å². The lowest BCUT2D eigenvalue weighted by atomic mass is 9.61. The van der Waals surface area contributed by atoms with Gasteiger partial charge in [-0.15, -0.1) is 0 Å². The van der Waals surface area contributed by atoms with E-state index in [0.717, 1.165) is 6.42 Å². The van der Waals surface area contributed by atoms with Crippen LogP contribution in [-0.2, 0) is 11.8 Å². The molecule has 24 heavy (non-hydrogen) atoms. The van der Waals surface area contributed by atoms with Crippen LogP contribution in [0.15, 0.2) is 84.9 Å². The van der Waals surface area contributed by atoms with E-state index in [4.69, 9.17) is 0 Å². The highest BCUT2D eigenvalue weighted by molar-refractivity contribution is 5.52. The molecule has 1 aliphatic carbocycles. The summed E-state index contributed by atoms with van der Waals surface area (Å²) in [5.74, 6) is 1.01. The van der Waals surface area contributed by atoms with Gasteiger partial charge in [-0.2, -0.15) is 0 Å². The van der Waals surface area contributed by atoms with Gasteiger partial charge in [0, 0.05) is 5.41 Å². The van der Waals surface area contributed by atoms with E-state index in [0.29, 0.717) is 11.8 Å². The zero-order valence-corrected chi connectivity index (χ0v) is 14.4. The van der Waals surface area contributed by atoms with Gasteiger partial charge in [0.1, 0.15) is 0 Å². The quantitative estimate of drug-likeness (QED) is 0.559. The molecular formula is C24H24. The molecule has 0 aliphatic heterocycles. The van der Waals surface area contributed by atoms with Gasteiger partial charge >= 0.3 is 0 Å². The molecule has 0 saturated carbocycles. The van der Waals surface area contributed by atoms with Crippen molar-refractivity contribution in [3.05, 3.63) is 107 Å². The molecule has 0 N–H and O–H groups in total. The van der Waals surface area contributed by atoms with Crippen LogP contribution in [-0.4, -0.2) is 0 Å². The van der Waals surface area contributed by atoms with E-state index in [9.17, 15) is 0 Å². The maximum atomic E-state index is 2.42. The molecule has 0 fully saturated rings. The molecule has 0 amide bonds. The molecule has 0 nitrogen and oxygen atoms in total. The Bertz CT molecular complexity index is 819. The molecular weight excluding hydrogens is 288 g/mol. The molecule has 0 heterocycles. The van der Waals surface area contributed by atoms with E-state index in [1.165, 1.54) is 22.3 Å². The molecule has 120 valence electrons. The van der Waals surface area contributed by atoms with Gasteiger partial charge in [-0.05, 0) is 40.5 Å². The molecule has 3 aromatic rings. The van der Waals surface area contributed by atoms with Gasteiger partial charge in [0.15, 0.2) is 0 Å². The fraction of sp³-hybridized carbons (Fsp3) is 0.250. The molecule has 0 bridgehead atoms. The molecule has 1 aliphatic rings. The van der Waals surface area contributed by atoms with Gasteiger partial charge in [-0.1, -0.05) is 98.8 Å². The highest BCUT2D eigenvalue weighted by atomic mass is 14.5. The summed E-state index contributed by atoms with van der Waals surface area (Å²) in [7, 11) is 0. The molecule has 0 aromatic heterocycles. The number of hydrogen-bond donors (Lipinski definition) is 0. The first kappa shape index (κ1) is 15.2. The van der Waals surface area contributed by atoms with Crippen molar-refractivity contribution in [2.24, 2.45) is 5.92 Å². The number of fused-ring (bicyclic) bond motifs is 1. The summed E-state index contributed by atoms with van der Waals surface area (Å²) in [6, 6.07) is 31.2. The number of rotatable bonds is 3. The van der Waals surface area contributed by atoms with Crippen molar-refractivity contribution < 1.29 is 0 Å². The second kappa shape index (κ2) is 5.94. The summed E-state index contributed by atoms with van der Waals surface area (Å²) in [5.41, 5.74) is 5.93. The SMILES string of the molecule is CC1Cc2ccccc2C1(c1ccccc1)C(C)c1ccccc1. The minimum Gasteiger partial charge on any atom is -0.0622 e. The fourth-order valence-corrected chi connectivity index (χ4v) is 4.93. The predicted molar refractivity (Wildman–Crippen MR) is 101 cm³/mol. The Labute approximate surface area is 145 Å². The lowest BCUT2D eigenvalue weighted by molar-refractivity contribution is 0.324. The van der Waals surface area contributed by atoms with Crippen LogP contribution in [0.5, 0.6) is 0 Å². The number of hydrogen-bond acceptors (Lipinski definition) is 0. The van der Waals surface area contributed by atoms with Crippen LogP contribution < -0.4 is 0 Å². The molecule has 3 atom stereocenters. The molecule has 0 saturated heterocycles. The molecule has 0 spiro atoms. The van der Waals surface area contributed by atoms with E-state index >= 15 is 0 Å². The van der Waals surface area contributed by atoms with E-state index in [1.54, 1.807) is 0 Å². The van der Waals surface area contributed by atoms with Crippen LogP contribution in [0.2, 0.25) is 0 Å². The monoisotopic (exact) mass is 312 g/mol. The Morgan fingerprint density at radius 1 is 0.792 bits per heavy atom. The second-order valence-corrected chi connectivity index (χ2v) is 7.13. The number of benzene rings is 3. The second-order valence-electron chi connectivity index (χ2n) is 7.13. The highest BCUT2D eigenvalue weighted by Crippen LogP contribution is 2.55. The molecule has 3 unspecified atom stereocenters. The maximum absolute atomic E-state index is 2.42. The van der Waals surface area contributed by atoms with Gasteiger partial charge in [-0.25, -0.2) is 0 Å². The normalized spacial score (nSPS) is 23.7. The summed E-state index contributed by atoms with van der Waals surface area (Å²) in [5, 5.41) is 0. The van der Waals surface area contributed by atoms with Crippen molar-refractivity contribution >= 4 is 0 Å². The van der Waals surface area contributed by atoms with E-state index in [-0.39, 0.29) is 5.41 Å². The summed E-state index contributed by atoms with van der Waals surface area (Å²) < 4.78 is 0. The van der Waals surface area contributed by atoms with E-state index < -0.39 is 0 Å². The molecule has 0 radical (unpaired) electrons. The van der Waals surface area contributed by atoms with Gasteiger partial charge < -0.3 is 0 Å². The van der Waals surface area contributed by atoms with Crippen molar-refractivity contribution in [2.75, 3.05) is 0 Å². The maximum Gasteiger partial charge on any atom is 0.0300 e. The topological polar surface area (TPSA) is 0 Å². The van der Waals surface area contributed by atoms with Crippen molar-refractivity contribution in [1.82, 2.24) is 0 Å². The Kier molecular flexibility index (Phi) is 3.76. The third kappa shape index (κ3) is 2.13. The minimum atomic E-state index is 0.0409. The molecule has 3 aromatic carbocycles. The Morgan fingerprint density at radius 3 is 2.08 bits per heavy atom. The average molecular weight is 312 g/mol. The van der Waals surface area contributed by atoms with Crippen LogP contribution in [0.25, 0.3) is 0 Å². The van der Waals surface area contributed by atoms with Crippen LogP contribution in [0.3, 0.4) is 0 Å². The van der Waals surface area contributed by atoms with Crippen LogP contribution in [0.4, 0.5) is 0 Å². The fourth-order valence-electron chi connectivity index (χ4n) is 4.93. The Balaban J connectivity index is 1.99. The first-order valence-corrected chi connectivity index (χ1v) is 8.93.